The number of hydrogen-bond donors (Lipinski definition) is 1. The second-order valence-electron chi connectivity index (χ2n) is 6.60. The number of fused-ring (bicyclic) bond motifs is 1. The lowest BCUT2D eigenvalue weighted by atomic mass is 10.0. The molecule has 0 aliphatic rings. The topological polar surface area (TPSA) is 78.1 Å². The van der Waals surface area contributed by atoms with Crippen molar-refractivity contribution in [1.82, 2.24) is 9.97 Å². The third-order valence-corrected chi connectivity index (χ3v) is 5.77. The molecule has 4 rings (SSSR count). The molecule has 2 heterocycles. The third kappa shape index (κ3) is 3.73. The Morgan fingerprint density at radius 1 is 1.14 bits per heavy atom. The van der Waals surface area contributed by atoms with Crippen molar-refractivity contribution in [2.75, 3.05) is 5.73 Å². The summed E-state index contributed by atoms with van der Waals surface area (Å²) in [6, 6.07) is 16.0. The lowest BCUT2D eigenvalue weighted by molar-refractivity contribution is -0.131. The van der Waals surface area contributed by atoms with Gasteiger partial charge in [0.1, 0.15) is 5.75 Å². The van der Waals surface area contributed by atoms with Crippen LogP contribution < -0.4 is 10.5 Å². The van der Waals surface area contributed by atoms with Crippen LogP contribution in [0.5, 0.6) is 5.75 Å². The number of aromatic nitrogens is 2. The summed E-state index contributed by atoms with van der Waals surface area (Å²) in [4.78, 5) is 20.6. The Morgan fingerprint density at radius 2 is 1.96 bits per heavy atom. The molecule has 0 radical (unpaired) electrons. The van der Waals surface area contributed by atoms with Crippen molar-refractivity contribution in [3.8, 4) is 16.3 Å². The second-order valence-corrected chi connectivity index (χ2v) is 7.66. The van der Waals surface area contributed by atoms with E-state index >= 15 is 0 Å². The highest BCUT2D eigenvalue weighted by Gasteiger charge is 2.13. The van der Waals surface area contributed by atoms with Crippen LogP contribution in [0, 0.1) is 6.92 Å². The maximum absolute atomic E-state index is 11.2. The van der Waals surface area contributed by atoms with Gasteiger partial charge in [-0.3, -0.25) is 4.79 Å². The van der Waals surface area contributed by atoms with Crippen LogP contribution in [-0.4, -0.2) is 15.9 Å². The van der Waals surface area contributed by atoms with Gasteiger partial charge in [0.15, 0.2) is 0 Å². The first-order valence-corrected chi connectivity index (χ1v) is 9.69. The Balaban J connectivity index is 1.67. The van der Waals surface area contributed by atoms with E-state index in [4.69, 9.17) is 10.5 Å². The van der Waals surface area contributed by atoms with Crippen LogP contribution in [-0.2, 0) is 11.2 Å². The molecule has 0 bridgehead atoms. The maximum Gasteiger partial charge on any atom is 0.308 e. The van der Waals surface area contributed by atoms with Crippen molar-refractivity contribution >= 4 is 33.3 Å². The molecule has 0 aliphatic heterocycles. The molecule has 0 fully saturated rings. The molecule has 0 aliphatic carbocycles. The Kier molecular flexibility index (Phi) is 4.79. The number of anilines is 1. The molecule has 5 nitrogen and oxygen atoms in total. The molecule has 4 aromatic rings. The van der Waals surface area contributed by atoms with Crippen LogP contribution in [0.1, 0.15) is 23.6 Å². The van der Waals surface area contributed by atoms with E-state index in [1.165, 1.54) is 28.1 Å². The number of nitrogens with zero attached hydrogens (tertiary/aromatic N) is 2. The van der Waals surface area contributed by atoms with Crippen LogP contribution in [0.4, 0.5) is 5.95 Å². The average Bonchev–Trinajstić information content (AvgIpc) is 2.98. The molecule has 0 atom stereocenters. The quantitative estimate of drug-likeness (QED) is 0.402. The predicted octanol–water partition coefficient (Wildman–Crippen LogP) is 4.77. The highest BCUT2D eigenvalue weighted by molar-refractivity contribution is 7.22. The highest BCUT2D eigenvalue weighted by atomic mass is 32.1. The zero-order valence-electron chi connectivity index (χ0n) is 15.6. The van der Waals surface area contributed by atoms with Gasteiger partial charge in [-0.2, -0.15) is 0 Å². The van der Waals surface area contributed by atoms with E-state index < -0.39 is 0 Å². The number of nitrogens with two attached hydrogens (primary N) is 1. The maximum atomic E-state index is 11.2. The van der Waals surface area contributed by atoms with E-state index in [1.54, 1.807) is 23.6 Å². The first-order chi connectivity index (χ1) is 13.5. The fourth-order valence-corrected chi connectivity index (χ4v) is 4.40. The van der Waals surface area contributed by atoms with Gasteiger partial charge in [0, 0.05) is 17.8 Å². The summed E-state index contributed by atoms with van der Waals surface area (Å²) in [5.41, 5.74) is 10.1. The van der Waals surface area contributed by atoms with Crippen molar-refractivity contribution in [3.63, 3.8) is 0 Å². The van der Waals surface area contributed by atoms with E-state index in [2.05, 4.69) is 35.1 Å². The van der Waals surface area contributed by atoms with Crippen LogP contribution in [0.15, 0.2) is 54.7 Å². The summed E-state index contributed by atoms with van der Waals surface area (Å²) in [6.45, 7) is 3.51. The number of benzene rings is 2. The van der Waals surface area contributed by atoms with Crippen molar-refractivity contribution in [2.45, 2.75) is 20.3 Å². The van der Waals surface area contributed by atoms with Gasteiger partial charge in [0.05, 0.1) is 10.6 Å². The van der Waals surface area contributed by atoms with Crippen LogP contribution in [0.3, 0.4) is 0 Å². The number of carbonyl (C=O) groups is 1. The van der Waals surface area contributed by atoms with Gasteiger partial charge in [-0.25, -0.2) is 9.97 Å². The van der Waals surface area contributed by atoms with Gasteiger partial charge >= 0.3 is 5.97 Å². The summed E-state index contributed by atoms with van der Waals surface area (Å²) in [7, 11) is 0. The molecule has 6 heteroatoms. The van der Waals surface area contributed by atoms with Gasteiger partial charge in [0.2, 0.25) is 5.95 Å². The molecular formula is C22H19N3O2S. The number of hydrogen-bond acceptors (Lipinski definition) is 6. The Bertz CT molecular complexity index is 1180. The minimum atomic E-state index is -0.314. The number of ether oxygens (including phenoxy) is 1. The molecule has 2 aromatic heterocycles. The third-order valence-electron chi connectivity index (χ3n) is 4.48. The van der Waals surface area contributed by atoms with E-state index in [0.717, 1.165) is 22.6 Å². The lowest BCUT2D eigenvalue weighted by Crippen LogP contribution is -2.01. The first-order valence-electron chi connectivity index (χ1n) is 8.88. The number of carbonyl (C=O) groups excluding carboxylic acids is 1. The van der Waals surface area contributed by atoms with Crippen molar-refractivity contribution in [3.05, 3.63) is 71.4 Å². The normalized spacial score (nSPS) is 10.9. The fourth-order valence-electron chi connectivity index (χ4n) is 3.24. The molecular weight excluding hydrogens is 370 g/mol. The van der Waals surface area contributed by atoms with Crippen molar-refractivity contribution in [1.29, 1.82) is 0 Å². The molecule has 140 valence electrons. The van der Waals surface area contributed by atoms with E-state index in [-0.39, 0.29) is 11.9 Å². The van der Waals surface area contributed by atoms with Gasteiger partial charge < -0.3 is 10.5 Å². The first kappa shape index (κ1) is 18.1. The fraction of sp³-hybridized carbons (Fsp3) is 0.136. The van der Waals surface area contributed by atoms with E-state index in [0.29, 0.717) is 5.75 Å². The molecule has 0 saturated carbocycles. The van der Waals surface area contributed by atoms with Crippen molar-refractivity contribution < 1.29 is 9.53 Å². The minimum absolute atomic E-state index is 0.280. The van der Waals surface area contributed by atoms with Crippen LogP contribution in [0.2, 0.25) is 0 Å². The molecule has 2 aromatic carbocycles. The van der Waals surface area contributed by atoms with Crippen LogP contribution in [0.25, 0.3) is 20.7 Å². The summed E-state index contributed by atoms with van der Waals surface area (Å²) in [6.07, 6.45) is 2.44. The zero-order valence-corrected chi connectivity index (χ0v) is 16.4. The Labute approximate surface area is 166 Å². The van der Waals surface area contributed by atoms with Gasteiger partial charge in [-0.1, -0.05) is 18.2 Å². The number of esters is 1. The van der Waals surface area contributed by atoms with Gasteiger partial charge in [-0.15, -0.1) is 11.3 Å². The molecule has 0 amide bonds. The Morgan fingerprint density at radius 3 is 2.75 bits per heavy atom. The Hall–Kier alpha value is -3.25. The van der Waals surface area contributed by atoms with Crippen molar-refractivity contribution in [2.24, 2.45) is 0 Å². The predicted molar refractivity (Wildman–Crippen MR) is 113 cm³/mol. The molecule has 0 unspecified atom stereocenters. The minimum Gasteiger partial charge on any atom is -0.427 e. The molecule has 0 saturated heterocycles. The number of nitrogen functional groups attached to an aromatic ring is 1. The summed E-state index contributed by atoms with van der Waals surface area (Å²) < 4.78 is 6.39. The number of aryl methyl sites for hydroxylation is 1. The zero-order chi connectivity index (χ0) is 19.7. The average molecular weight is 389 g/mol. The van der Waals surface area contributed by atoms with E-state index in [9.17, 15) is 4.79 Å². The summed E-state index contributed by atoms with van der Waals surface area (Å²) in [5, 5.41) is 1.21. The van der Waals surface area contributed by atoms with Crippen LogP contribution >= 0.6 is 11.3 Å². The highest BCUT2D eigenvalue weighted by Crippen LogP contribution is 2.38. The van der Waals surface area contributed by atoms with Gasteiger partial charge in [0.25, 0.3) is 0 Å². The monoisotopic (exact) mass is 389 g/mol. The molecule has 2 N–H and O–H groups in total. The molecule has 0 spiro atoms. The second kappa shape index (κ2) is 7.40. The molecule has 28 heavy (non-hydrogen) atoms. The lowest BCUT2D eigenvalue weighted by Gasteiger charge is -2.06. The SMILES string of the molecule is CC(=O)Oc1cccc(Cc2ccc3sc(-c4ccnc(N)n4)c(C)c3c2)c1. The number of thiophene rings is 1. The van der Waals surface area contributed by atoms with Gasteiger partial charge in [-0.05, 0) is 65.8 Å². The standard InChI is InChI=1S/C22H19N3O2S/c1-13-18-12-16(10-15-4-3-5-17(11-15)27-14(2)26)6-7-20(18)28-21(13)19-8-9-24-22(23)25-19/h3-9,11-12H,10H2,1-2H3,(H2,23,24,25). The summed E-state index contributed by atoms with van der Waals surface area (Å²) >= 11 is 1.71. The number of rotatable bonds is 4. The van der Waals surface area contributed by atoms with E-state index in [1.807, 2.05) is 24.3 Å². The smallest absolute Gasteiger partial charge is 0.308 e. The summed E-state index contributed by atoms with van der Waals surface area (Å²) in [5.74, 6) is 0.537. The largest absolute Gasteiger partial charge is 0.427 e.